The molecule has 23 heavy (non-hydrogen) atoms. The van der Waals surface area contributed by atoms with Crippen molar-refractivity contribution in [2.24, 2.45) is 0 Å². The van der Waals surface area contributed by atoms with Gasteiger partial charge in [-0.3, -0.25) is 9.59 Å². The Labute approximate surface area is 137 Å². The molecule has 0 aliphatic heterocycles. The Hall–Kier alpha value is -2.08. The van der Waals surface area contributed by atoms with Crippen LogP contribution in [0.3, 0.4) is 0 Å². The SMILES string of the molecule is COC(=O)CCN(CCCOC(C)C)C(=O)/C=C/c1ccco1. The summed E-state index contributed by atoms with van der Waals surface area (Å²) in [5.41, 5.74) is 0. The fourth-order valence-electron chi connectivity index (χ4n) is 1.88. The third kappa shape index (κ3) is 8.21. The second-order valence-corrected chi connectivity index (χ2v) is 5.27. The first-order chi connectivity index (χ1) is 11.0. The summed E-state index contributed by atoms with van der Waals surface area (Å²) in [6.07, 6.45) is 5.63. The lowest BCUT2D eigenvalue weighted by Gasteiger charge is -2.21. The van der Waals surface area contributed by atoms with Gasteiger partial charge in [-0.05, 0) is 38.5 Å². The van der Waals surface area contributed by atoms with Crippen LogP contribution in [0.25, 0.3) is 6.08 Å². The van der Waals surface area contributed by atoms with Crippen molar-refractivity contribution < 1.29 is 23.5 Å². The van der Waals surface area contributed by atoms with Gasteiger partial charge in [-0.2, -0.15) is 0 Å². The van der Waals surface area contributed by atoms with Crippen LogP contribution in [-0.2, 0) is 19.1 Å². The van der Waals surface area contributed by atoms with Gasteiger partial charge in [0.1, 0.15) is 5.76 Å². The van der Waals surface area contributed by atoms with Crippen molar-refractivity contribution in [3.63, 3.8) is 0 Å². The molecule has 0 aliphatic carbocycles. The van der Waals surface area contributed by atoms with E-state index in [2.05, 4.69) is 4.74 Å². The van der Waals surface area contributed by atoms with E-state index in [1.807, 2.05) is 13.8 Å². The minimum absolute atomic E-state index is 0.160. The van der Waals surface area contributed by atoms with Gasteiger partial charge in [0.05, 0.1) is 25.9 Å². The summed E-state index contributed by atoms with van der Waals surface area (Å²) < 4.78 is 15.2. The summed E-state index contributed by atoms with van der Waals surface area (Å²) in [7, 11) is 1.34. The molecule has 1 rings (SSSR count). The Balaban J connectivity index is 2.53. The molecule has 0 unspecified atom stereocenters. The van der Waals surface area contributed by atoms with E-state index in [1.165, 1.54) is 13.2 Å². The highest BCUT2D eigenvalue weighted by atomic mass is 16.5. The van der Waals surface area contributed by atoms with E-state index < -0.39 is 0 Å². The molecule has 0 atom stereocenters. The summed E-state index contributed by atoms with van der Waals surface area (Å²) in [6, 6.07) is 3.52. The minimum Gasteiger partial charge on any atom is -0.469 e. The smallest absolute Gasteiger partial charge is 0.307 e. The van der Waals surface area contributed by atoms with Crippen LogP contribution in [0.2, 0.25) is 0 Å². The molecule has 1 heterocycles. The largest absolute Gasteiger partial charge is 0.469 e. The van der Waals surface area contributed by atoms with E-state index >= 15 is 0 Å². The molecular formula is C17H25NO5. The molecule has 0 spiro atoms. The van der Waals surface area contributed by atoms with Gasteiger partial charge in [0.15, 0.2) is 0 Å². The minimum atomic E-state index is -0.337. The van der Waals surface area contributed by atoms with Gasteiger partial charge in [0, 0.05) is 25.8 Å². The normalized spacial score (nSPS) is 11.1. The van der Waals surface area contributed by atoms with Crippen molar-refractivity contribution in [1.29, 1.82) is 0 Å². The van der Waals surface area contributed by atoms with Crippen LogP contribution in [0, 0.1) is 0 Å². The summed E-state index contributed by atoms with van der Waals surface area (Å²) in [5, 5.41) is 0. The highest BCUT2D eigenvalue weighted by molar-refractivity contribution is 5.91. The number of carbonyl (C=O) groups excluding carboxylic acids is 2. The average molecular weight is 323 g/mol. The average Bonchev–Trinajstić information content (AvgIpc) is 3.04. The van der Waals surface area contributed by atoms with Crippen LogP contribution in [0.15, 0.2) is 28.9 Å². The molecule has 0 aliphatic rings. The molecule has 1 aromatic rings. The number of rotatable bonds is 10. The maximum Gasteiger partial charge on any atom is 0.307 e. The van der Waals surface area contributed by atoms with Gasteiger partial charge in [-0.1, -0.05) is 0 Å². The molecule has 0 radical (unpaired) electrons. The van der Waals surface area contributed by atoms with Gasteiger partial charge < -0.3 is 18.8 Å². The second kappa shape index (κ2) is 10.6. The zero-order chi connectivity index (χ0) is 17.1. The van der Waals surface area contributed by atoms with Gasteiger partial charge in [-0.15, -0.1) is 0 Å². The van der Waals surface area contributed by atoms with Gasteiger partial charge in [-0.25, -0.2) is 0 Å². The summed E-state index contributed by atoms with van der Waals surface area (Å²) in [5.74, 6) is 0.0977. The van der Waals surface area contributed by atoms with Gasteiger partial charge in [0.2, 0.25) is 5.91 Å². The molecule has 6 heteroatoms. The first-order valence-electron chi connectivity index (χ1n) is 7.72. The molecule has 6 nitrogen and oxygen atoms in total. The third-order valence-corrected chi connectivity index (χ3v) is 3.08. The van der Waals surface area contributed by atoms with Crippen molar-refractivity contribution in [2.75, 3.05) is 26.8 Å². The lowest BCUT2D eigenvalue weighted by Crippen LogP contribution is -2.33. The van der Waals surface area contributed by atoms with E-state index in [-0.39, 0.29) is 24.4 Å². The number of nitrogens with zero attached hydrogens (tertiary/aromatic N) is 1. The topological polar surface area (TPSA) is 69.0 Å². The van der Waals surface area contributed by atoms with Crippen molar-refractivity contribution in [1.82, 2.24) is 4.90 Å². The van der Waals surface area contributed by atoms with E-state index in [1.54, 1.807) is 29.4 Å². The van der Waals surface area contributed by atoms with Crippen LogP contribution >= 0.6 is 0 Å². The third-order valence-electron chi connectivity index (χ3n) is 3.08. The Morgan fingerprint density at radius 3 is 2.74 bits per heavy atom. The molecule has 1 amide bonds. The number of ether oxygens (including phenoxy) is 2. The molecule has 0 fully saturated rings. The van der Waals surface area contributed by atoms with Crippen molar-refractivity contribution >= 4 is 18.0 Å². The number of carbonyl (C=O) groups is 2. The highest BCUT2D eigenvalue weighted by Crippen LogP contribution is 2.05. The van der Waals surface area contributed by atoms with Crippen LogP contribution < -0.4 is 0 Å². The number of methoxy groups -OCH3 is 1. The predicted molar refractivity (Wildman–Crippen MR) is 86.7 cm³/mol. The fourth-order valence-corrected chi connectivity index (χ4v) is 1.88. The monoisotopic (exact) mass is 323 g/mol. The molecular weight excluding hydrogens is 298 g/mol. The Bertz CT molecular complexity index is 493. The Morgan fingerprint density at radius 2 is 2.13 bits per heavy atom. The van der Waals surface area contributed by atoms with Crippen LogP contribution in [0.5, 0.6) is 0 Å². The fraction of sp³-hybridized carbons (Fsp3) is 0.529. The lowest BCUT2D eigenvalue weighted by atomic mass is 10.3. The number of hydrogen-bond acceptors (Lipinski definition) is 5. The lowest BCUT2D eigenvalue weighted by molar-refractivity contribution is -0.141. The second-order valence-electron chi connectivity index (χ2n) is 5.27. The van der Waals surface area contributed by atoms with E-state index in [4.69, 9.17) is 9.15 Å². The molecule has 0 saturated heterocycles. The van der Waals surface area contributed by atoms with E-state index in [0.717, 1.165) is 0 Å². The first-order valence-corrected chi connectivity index (χ1v) is 7.72. The van der Waals surface area contributed by atoms with Gasteiger partial charge >= 0.3 is 5.97 Å². The van der Waals surface area contributed by atoms with Crippen LogP contribution in [-0.4, -0.2) is 49.7 Å². The molecule has 1 aromatic heterocycles. The Morgan fingerprint density at radius 1 is 1.35 bits per heavy atom. The standard InChI is InChI=1S/C17H25NO5/c1-14(2)22-13-5-10-18(11-9-17(20)21-3)16(19)8-7-15-6-4-12-23-15/h4,6-8,12,14H,5,9-11,13H2,1-3H3/b8-7+. The molecule has 128 valence electrons. The first kappa shape index (κ1) is 19.0. The van der Waals surface area contributed by atoms with Crippen LogP contribution in [0.4, 0.5) is 0 Å². The summed E-state index contributed by atoms with van der Waals surface area (Å²) in [4.78, 5) is 25.2. The maximum atomic E-state index is 12.3. The van der Waals surface area contributed by atoms with Gasteiger partial charge in [0.25, 0.3) is 0 Å². The van der Waals surface area contributed by atoms with E-state index in [0.29, 0.717) is 31.9 Å². The number of esters is 1. The molecule has 0 aromatic carbocycles. The quantitative estimate of drug-likeness (QED) is 0.376. The zero-order valence-electron chi connectivity index (χ0n) is 14.0. The van der Waals surface area contributed by atoms with Crippen molar-refractivity contribution in [2.45, 2.75) is 32.8 Å². The summed E-state index contributed by atoms with van der Waals surface area (Å²) in [6.45, 7) is 5.33. The van der Waals surface area contributed by atoms with Crippen molar-refractivity contribution in [3.05, 3.63) is 30.2 Å². The number of hydrogen-bond donors (Lipinski definition) is 0. The molecule has 0 saturated carbocycles. The Kier molecular flexibility index (Phi) is 8.75. The molecule has 0 bridgehead atoms. The van der Waals surface area contributed by atoms with Crippen molar-refractivity contribution in [3.8, 4) is 0 Å². The van der Waals surface area contributed by atoms with Crippen LogP contribution in [0.1, 0.15) is 32.4 Å². The number of furan rings is 1. The maximum absolute atomic E-state index is 12.3. The summed E-state index contributed by atoms with van der Waals surface area (Å²) >= 11 is 0. The molecule has 0 N–H and O–H groups in total. The van der Waals surface area contributed by atoms with E-state index in [9.17, 15) is 9.59 Å². The number of amides is 1. The predicted octanol–water partition coefficient (Wildman–Crippen LogP) is 2.50. The zero-order valence-corrected chi connectivity index (χ0v) is 14.0. The highest BCUT2D eigenvalue weighted by Gasteiger charge is 2.13.